The summed E-state index contributed by atoms with van der Waals surface area (Å²) >= 11 is 0. The number of nitrogens with zero attached hydrogens (tertiary/aromatic N) is 3. The van der Waals surface area contributed by atoms with Crippen LogP contribution in [0.3, 0.4) is 0 Å². The van der Waals surface area contributed by atoms with Crippen LogP contribution in [0.1, 0.15) is 41.4 Å². The number of rotatable bonds is 7. The van der Waals surface area contributed by atoms with E-state index in [1.54, 1.807) is 36.9 Å². The molecule has 224 valence electrons. The van der Waals surface area contributed by atoms with Gasteiger partial charge in [0.05, 0.1) is 23.8 Å². The van der Waals surface area contributed by atoms with Gasteiger partial charge in [-0.15, -0.1) is 0 Å². The number of fused-ring (bicyclic) bond motifs is 1. The third-order valence-electron chi connectivity index (χ3n) is 7.48. The number of carbonyl (C=O) groups excluding carboxylic acids is 3. The molecule has 5 rings (SSSR count). The summed E-state index contributed by atoms with van der Waals surface area (Å²) in [6, 6.07) is 7.91. The Morgan fingerprint density at radius 2 is 1.74 bits per heavy atom. The Hall–Kier alpha value is -4.26. The lowest BCUT2D eigenvalue weighted by atomic mass is 9.90. The second-order valence-corrected chi connectivity index (χ2v) is 9.93. The number of halogens is 3. The maximum Gasteiger partial charge on any atom is 0.416 e. The maximum atomic E-state index is 14.0. The summed E-state index contributed by atoms with van der Waals surface area (Å²) in [5, 5.41) is 2.60. The second kappa shape index (κ2) is 11.9. The van der Waals surface area contributed by atoms with Crippen molar-refractivity contribution in [1.82, 2.24) is 20.0 Å². The van der Waals surface area contributed by atoms with Gasteiger partial charge in [-0.25, -0.2) is 9.59 Å². The highest BCUT2D eigenvalue weighted by Gasteiger charge is 2.43. The molecule has 1 fully saturated rings. The molecule has 2 aromatic carbocycles. The van der Waals surface area contributed by atoms with Gasteiger partial charge < -0.3 is 24.4 Å². The number of urea groups is 1. The van der Waals surface area contributed by atoms with E-state index >= 15 is 0 Å². The van der Waals surface area contributed by atoms with E-state index in [4.69, 9.17) is 14.2 Å². The fourth-order valence-electron chi connectivity index (χ4n) is 5.43. The highest BCUT2D eigenvalue weighted by Crippen LogP contribution is 2.40. The Labute approximate surface area is 240 Å². The number of ether oxygens (including phenoxy) is 3. The predicted molar refractivity (Wildman–Crippen MR) is 144 cm³/mol. The molecule has 13 heteroatoms. The van der Waals surface area contributed by atoms with Gasteiger partial charge in [-0.1, -0.05) is 18.2 Å². The zero-order valence-electron chi connectivity index (χ0n) is 23.2. The van der Waals surface area contributed by atoms with Gasteiger partial charge in [-0.2, -0.15) is 13.2 Å². The van der Waals surface area contributed by atoms with E-state index in [0.29, 0.717) is 43.2 Å². The topological polar surface area (TPSA) is 101 Å². The molecule has 1 N–H and O–H groups in total. The molecule has 2 aromatic rings. The van der Waals surface area contributed by atoms with Crippen LogP contribution >= 0.6 is 0 Å². The van der Waals surface area contributed by atoms with Crippen LogP contribution < -0.4 is 14.8 Å². The van der Waals surface area contributed by atoms with Crippen LogP contribution in [0.2, 0.25) is 0 Å². The van der Waals surface area contributed by atoms with Crippen molar-refractivity contribution in [2.24, 2.45) is 0 Å². The summed E-state index contributed by atoms with van der Waals surface area (Å²) in [5.41, 5.74) is -0.496. The van der Waals surface area contributed by atoms with Crippen LogP contribution in [0, 0.1) is 0 Å². The Morgan fingerprint density at radius 3 is 2.43 bits per heavy atom. The van der Waals surface area contributed by atoms with Gasteiger partial charge in [-0.05, 0) is 43.7 Å². The smallest absolute Gasteiger partial charge is 0.416 e. The van der Waals surface area contributed by atoms with Crippen molar-refractivity contribution < 1.29 is 41.8 Å². The average Bonchev–Trinajstić information content (AvgIpc) is 3.45. The largest absolute Gasteiger partial charge is 0.463 e. The Bertz CT molecular complexity index is 1400. The average molecular weight is 589 g/mol. The first-order valence-corrected chi connectivity index (χ1v) is 13.7. The molecule has 0 radical (unpaired) electrons. The molecule has 1 saturated heterocycles. The first-order chi connectivity index (χ1) is 20.1. The molecule has 1 atom stereocenters. The molecule has 1 unspecified atom stereocenters. The molecule has 3 heterocycles. The van der Waals surface area contributed by atoms with Crippen molar-refractivity contribution in [2.45, 2.75) is 26.1 Å². The molecular formula is C29H31F3N4O6. The number of amides is 3. The second-order valence-electron chi connectivity index (χ2n) is 9.93. The number of likely N-dealkylation sites (N-methyl/N-ethyl adjacent to an activating group) is 1. The fourth-order valence-corrected chi connectivity index (χ4v) is 5.43. The van der Waals surface area contributed by atoms with Crippen molar-refractivity contribution in [2.75, 3.05) is 52.7 Å². The molecule has 0 aliphatic carbocycles. The molecule has 0 bridgehead atoms. The summed E-state index contributed by atoms with van der Waals surface area (Å²) in [6.45, 7) is 5.28. The monoisotopic (exact) mass is 588 g/mol. The Balaban J connectivity index is 1.42. The minimum absolute atomic E-state index is 0.00394. The predicted octanol–water partition coefficient (Wildman–Crippen LogP) is 3.80. The van der Waals surface area contributed by atoms with Gasteiger partial charge in [0.15, 0.2) is 11.5 Å². The molecule has 10 nitrogen and oxygen atoms in total. The van der Waals surface area contributed by atoms with Crippen molar-refractivity contribution >= 4 is 17.9 Å². The SMILES string of the molecule is CCOC(=O)C1=C(CN2CCN(C(=O)c3ccc4c(c3)OCO4)CC2)N(CC)C(=O)NC1c1ccccc1C(F)(F)F. The van der Waals surface area contributed by atoms with E-state index in [1.165, 1.54) is 23.1 Å². The zero-order valence-corrected chi connectivity index (χ0v) is 23.2. The number of piperazine rings is 1. The Kier molecular flexibility index (Phi) is 8.30. The van der Waals surface area contributed by atoms with Gasteiger partial charge >= 0.3 is 18.2 Å². The zero-order chi connectivity index (χ0) is 30.0. The minimum Gasteiger partial charge on any atom is -0.463 e. The van der Waals surface area contributed by atoms with Crippen LogP contribution in [0.25, 0.3) is 0 Å². The van der Waals surface area contributed by atoms with Crippen LogP contribution in [0.4, 0.5) is 18.0 Å². The summed E-state index contributed by atoms with van der Waals surface area (Å²) in [6.07, 6.45) is -4.70. The molecule has 0 saturated carbocycles. The number of hydrogen-bond donors (Lipinski definition) is 1. The van der Waals surface area contributed by atoms with E-state index in [-0.39, 0.29) is 49.2 Å². The van der Waals surface area contributed by atoms with Crippen molar-refractivity contribution in [3.05, 3.63) is 70.4 Å². The number of nitrogens with one attached hydrogen (secondary N) is 1. The minimum atomic E-state index is -4.70. The lowest BCUT2D eigenvalue weighted by Gasteiger charge is -2.40. The number of benzene rings is 2. The summed E-state index contributed by atoms with van der Waals surface area (Å²) in [5.74, 6) is 0.116. The van der Waals surface area contributed by atoms with Gasteiger partial charge in [0.2, 0.25) is 6.79 Å². The van der Waals surface area contributed by atoms with Crippen LogP contribution in [0.5, 0.6) is 11.5 Å². The summed E-state index contributed by atoms with van der Waals surface area (Å²) in [4.78, 5) is 44.7. The van der Waals surface area contributed by atoms with E-state index in [2.05, 4.69) is 5.32 Å². The molecule has 42 heavy (non-hydrogen) atoms. The fraction of sp³-hybridized carbons (Fsp3) is 0.414. The van der Waals surface area contributed by atoms with Gasteiger partial charge in [0.1, 0.15) is 0 Å². The number of esters is 1. The number of alkyl halides is 3. The third kappa shape index (κ3) is 5.73. The lowest BCUT2D eigenvalue weighted by molar-refractivity contribution is -0.141. The highest BCUT2D eigenvalue weighted by atomic mass is 19.4. The van der Waals surface area contributed by atoms with E-state index in [1.807, 2.05) is 4.90 Å². The summed E-state index contributed by atoms with van der Waals surface area (Å²) in [7, 11) is 0. The van der Waals surface area contributed by atoms with Crippen LogP contribution in [-0.2, 0) is 15.7 Å². The van der Waals surface area contributed by atoms with Crippen molar-refractivity contribution in [3.63, 3.8) is 0 Å². The van der Waals surface area contributed by atoms with Gasteiger partial charge in [0.25, 0.3) is 5.91 Å². The lowest BCUT2D eigenvalue weighted by Crippen LogP contribution is -2.54. The first-order valence-electron chi connectivity index (χ1n) is 13.7. The third-order valence-corrected chi connectivity index (χ3v) is 7.48. The standard InChI is InChI=1S/C29H31F3N4O6/c1-3-36-21(16-34-11-13-35(14-12-34)26(37)18-9-10-22-23(15-18)42-17-41-22)24(27(38)40-4-2)25(33-28(36)39)19-7-5-6-8-20(19)29(30,31)32/h5-10,15,25H,3-4,11-14,16-17H2,1-2H3,(H,33,39). The highest BCUT2D eigenvalue weighted by molar-refractivity contribution is 5.96. The molecular weight excluding hydrogens is 557 g/mol. The Morgan fingerprint density at radius 1 is 1.02 bits per heavy atom. The van der Waals surface area contributed by atoms with Gasteiger partial charge in [0, 0.05) is 50.5 Å². The quantitative estimate of drug-likeness (QED) is 0.492. The molecule has 0 aromatic heterocycles. The van der Waals surface area contributed by atoms with Crippen LogP contribution in [0.15, 0.2) is 53.7 Å². The van der Waals surface area contributed by atoms with Crippen LogP contribution in [-0.4, -0.2) is 85.3 Å². The van der Waals surface area contributed by atoms with E-state index in [9.17, 15) is 27.6 Å². The molecule has 3 aliphatic rings. The number of hydrogen-bond acceptors (Lipinski definition) is 7. The van der Waals surface area contributed by atoms with E-state index < -0.39 is 29.8 Å². The normalized spacial score (nSPS) is 19.2. The summed E-state index contributed by atoms with van der Waals surface area (Å²) < 4.78 is 57.9. The van der Waals surface area contributed by atoms with E-state index in [0.717, 1.165) is 6.07 Å². The molecule has 0 spiro atoms. The van der Waals surface area contributed by atoms with Crippen molar-refractivity contribution in [1.29, 1.82) is 0 Å². The van der Waals surface area contributed by atoms with Crippen molar-refractivity contribution in [3.8, 4) is 11.5 Å². The molecule has 3 aliphatic heterocycles. The molecule has 3 amide bonds. The maximum absolute atomic E-state index is 14.0. The first kappa shape index (κ1) is 29.2. The number of carbonyl (C=O) groups is 3. The van der Waals surface area contributed by atoms with Gasteiger partial charge in [-0.3, -0.25) is 14.6 Å².